The molecular weight excluding hydrogens is 399 g/mol. The number of benzene rings is 2. The summed E-state index contributed by atoms with van der Waals surface area (Å²) in [6.45, 7) is 0.527. The molecule has 0 aliphatic carbocycles. The molecule has 0 saturated heterocycles. The summed E-state index contributed by atoms with van der Waals surface area (Å²) in [4.78, 5) is 15.1. The van der Waals surface area contributed by atoms with Gasteiger partial charge in [-0.15, -0.1) is 0 Å². The summed E-state index contributed by atoms with van der Waals surface area (Å²) in [5, 5.41) is 12.8. The van der Waals surface area contributed by atoms with Crippen molar-refractivity contribution >= 4 is 17.3 Å². The Morgan fingerprint density at radius 2 is 1.97 bits per heavy atom. The normalized spacial score (nSPS) is 21.0. The molecule has 0 saturated carbocycles. The lowest BCUT2D eigenvalue weighted by Crippen LogP contribution is -2.45. The number of nitrogens with zero attached hydrogens (tertiary/aromatic N) is 2. The fraction of sp³-hybridized carbons (Fsp3) is 0.217. The van der Waals surface area contributed by atoms with Crippen molar-refractivity contribution in [1.29, 1.82) is 5.26 Å². The summed E-state index contributed by atoms with van der Waals surface area (Å²) in [6, 6.07) is 9.90. The number of rotatable bonds is 2. The molecule has 3 aliphatic heterocycles. The molecule has 31 heavy (non-hydrogen) atoms. The molecule has 1 spiro atoms. The van der Waals surface area contributed by atoms with Gasteiger partial charge in [0.2, 0.25) is 5.91 Å². The number of carbonyl (C=O) groups is 1. The number of methoxy groups -OCH3 is 2. The maximum Gasteiger partial charge on any atom is 0.244 e. The fourth-order valence-corrected chi connectivity index (χ4v) is 4.72. The van der Waals surface area contributed by atoms with Crippen LogP contribution in [0, 0.1) is 17.1 Å². The lowest BCUT2D eigenvalue weighted by Gasteiger charge is -2.41. The topological polar surface area (TPSA) is 101 Å². The van der Waals surface area contributed by atoms with Gasteiger partial charge in [0.1, 0.15) is 23.1 Å². The zero-order chi connectivity index (χ0) is 21.9. The van der Waals surface area contributed by atoms with Gasteiger partial charge in [-0.05, 0) is 48.4 Å². The van der Waals surface area contributed by atoms with Gasteiger partial charge in [0.15, 0.2) is 11.5 Å². The number of anilines is 1. The highest BCUT2D eigenvalue weighted by Crippen LogP contribution is 2.51. The minimum Gasteiger partial charge on any atom is -0.493 e. The number of carbonyl (C=O) groups excluding carboxylic acids is 1. The van der Waals surface area contributed by atoms with E-state index in [1.165, 1.54) is 18.2 Å². The number of nitrogens with one attached hydrogen (secondary N) is 1. The highest BCUT2D eigenvalue weighted by molar-refractivity contribution is 6.12. The Bertz CT molecular complexity index is 1260. The van der Waals surface area contributed by atoms with E-state index < -0.39 is 17.1 Å². The van der Waals surface area contributed by atoms with Crippen molar-refractivity contribution in [2.75, 3.05) is 26.1 Å². The highest BCUT2D eigenvalue weighted by Gasteiger charge is 2.53. The Morgan fingerprint density at radius 1 is 1.23 bits per heavy atom. The number of halogens is 1. The quantitative estimate of drug-likeness (QED) is 0.778. The number of nitriles is 1. The van der Waals surface area contributed by atoms with Crippen molar-refractivity contribution in [1.82, 2.24) is 4.90 Å². The van der Waals surface area contributed by atoms with Gasteiger partial charge in [-0.3, -0.25) is 4.79 Å². The molecule has 7 nitrogen and oxygen atoms in total. The number of nitrogens with two attached hydrogens (primary N) is 1. The molecule has 2 aromatic rings. The number of fused-ring (bicyclic) bond motifs is 5. The van der Waals surface area contributed by atoms with Crippen molar-refractivity contribution in [3.05, 3.63) is 70.3 Å². The Hall–Kier alpha value is -3.99. The minimum atomic E-state index is -1.51. The monoisotopic (exact) mass is 418 g/mol. The van der Waals surface area contributed by atoms with Crippen LogP contribution < -0.4 is 20.5 Å². The van der Waals surface area contributed by atoms with Gasteiger partial charge in [0.25, 0.3) is 0 Å². The van der Waals surface area contributed by atoms with Gasteiger partial charge in [0.05, 0.1) is 19.8 Å². The van der Waals surface area contributed by atoms with E-state index in [4.69, 9.17) is 15.2 Å². The molecule has 0 bridgehead atoms. The zero-order valence-electron chi connectivity index (χ0n) is 17.0. The predicted octanol–water partition coefficient (Wildman–Crippen LogP) is 2.64. The third-order valence-corrected chi connectivity index (χ3v) is 6.20. The predicted molar refractivity (Wildman–Crippen MR) is 111 cm³/mol. The first kappa shape index (κ1) is 19.0. The van der Waals surface area contributed by atoms with Crippen molar-refractivity contribution < 1.29 is 18.7 Å². The van der Waals surface area contributed by atoms with Crippen molar-refractivity contribution in [2.45, 2.75) is 11.8 Å². The molecule has 2 aromatic carbocycles. The lowest BCUT2D eigenvalue weighted by atomic mass is 9.71. The molecule has 0 radical (unpaired) electrons. The molecule has 0 aromatic heterocycles. The minimum absolute atomic E-state index is 0.0852. The average molecular weight is 418 g/mol. The second-order valence-corrected chi connectivity index (χ2v) is 7.62. The number of hydrogen-bond donors (Lipinski definition) is 2. The second-order valence-electron chi connectivity index (χ2n) is 7.62. The van der Waals surface area contributed by atoms with Crippen LogP contribution in [0.25, 0.3) is 5.70 Å². The first-order valence-electron chi connectivity index (χ1n) is 9.72. The van der Waals surface area contributed by atoms with Crippen molar-refractivity contribution in [2.24, 2.45) is 5.73 Å². The van der Waals surface area contributed by atoms with Gasteiger partial charge in [-0.25, -0.2) is 4.39 Å². The van der Waals surface area contributed by atoms with Gasteiger partial charge in [0, 0.05) is 29.1 Å². The van der Waals surface area contributed by atoms with Crippen LogP contribution in [0.3, 0.4) is 0 Å². The summed E-state index contributed by atoms with van der Waals surface area (Å²) in [5.41, 5.74) is 8.35. The first-order chi connectivity index (χ1) is 14.9. The smallest absolute Gasteiger partial charge is 0.244 e. The number of ether oxygens (including phenoxy) is 2. The molecule has 3 aliphatic rings. The number of hydrogen-bond acceptors (Lipinski definition) is 6. The van der Waals surface area contributed by atoms with Crippen LogP contribution in [0.5, 0.6) is 11.5 Å². The van der Waals surface area contributed by atoms with E-state index in [1.807, 2.05) is 17.0 Å². The van der Waals surface area contributed by atoms with E-state index >= 15 is 0 Å². The summed E-state index contributed by atoms with van der Waals surface area (Å²) in [6.07, 6.45) is 2.38. The van der Waals surface area contributed by atoms with Crippen LogP contribution >= 0.6 is 0 Å². The number of amides is 1. The fourth-order valence-electron chi connectivity index (χ4n) is 4.72. The van der Waals surface area contributed by atoms with E-state index in [1.54, 1.807) is 20.3 Å². The van der Waals surface area contributed by atoms with E-state index in [2.05, 4.69) is 11.4 Å². The van der Waals surface area contributed by atoms with Gasteiger partial charge in [-0.2, -0.15) is 5.26 Å². The molecule has 3 heterocycles. The Labute approximate surface area is 178 Å². The van der Waals surface area contributed by atoms with Crippen molar-refractivity contribution in [3.63, 3.8) is 0 Å². The molecule has 3 N–H and O–H groups in total. The highest BCUT2D eigenvalue weighted by atomic mass is 19.1. The molecule has 8 heteroatoms. The molecule has 0 unspecified atom stereocenters. The third-order valence-electron chi connectivity index (χ3n) is 6.20. The largest absolute Gasteiger partial charge is 0.493 e. The second kappa shape index (κ2) is 6.51. The van der Waals surface area contributed by atoms with Gasteiger partial charge in [-0.1, -0.05) is 0 Å². The standard InChI is InChI=1S/C23H19FN4O3/c1-30-19-7-12-5-6-28-18(14(12)9-20(19)31-2)10-23(16(11-25)21(28)26)15-8-13(24)3-4-17(15)27-22(23)29/h3-4,7-10H,5-6,26H2,1-2H3,(H,27,29)/t23-/m1/s1. The molecule has 1 amide bonds. The molecule has 5 rings (SSSR count). The van der Waals surface area contributed by atoms with Crippen LogP contribution in [0.2, 0.25) is 0 Å². The van der Waals surface area contributed by atoms with Gasteiger partial charge < -0.3 is 25.4 Å². The Kier molecular flexibility index (Phi) is 3.99. The average Bonchev–Trinajstić information content (AvgIpc) is 3.04. The van der Waals surface area contributed by atoms with E-state index in [9.17, 15) is 14.4 Å². The maximum absolute atomic E-state index is 14.2. The first-order valence-corrected chi connectivity index (χ1v) is 9.72. The zero-order valence-corrected chi connectivity index (χ0v) is 17.0. The summed E-state index contributed by atoms with van der Waals surface area (Å²) in [7, 11) is 3.12. The van der Waals surface area contributed by atoms with Gasteiger partial charge >= 0.3 is 0 Å². The Morgan fingerprint density at radius 3 is 2.68 bits per heavy atom. The summed E-state index contributed by atoms with van der Waals surface area (Å²) < 4.78 is 25.1. The van der Waals surface area contributed by atoms with Crippen LogP contribution in [0.4, 0.5) is 10.1 Å². The lowest BCUT2D eigenvalue weighted by molar-refractivity contribution is -0.118. The van der Waals surface area contributed by atoms with E-state index in [0.717, 1.165) is 11.1 Å². The van der Waals surface area contributed by atoms with E-state index in [-0.39, 0.29) is 11.4 Å². The van der Waals surface area contributed by atoms with Crippen LogP contribution in [0.1, 0.15) is 16.7 Å². The maximum atomic E-state index is 14.2. The van der Waals surface area contributed by atoms with E-state index in [0.29, 0.717) is 41.4 Å². The van der Waals surface area contributed by atoms with Crippen LogP contribution in [-0.2, 0) is 16.6 Å². The molecule has 0 fully saturated rings. The molecule has 156 valence electrons. The van der Waals surface area contributed by atoms with Crippen LogP contribution in [-0.4, -0.2) is 31.6 Å². The summed E-state index contributed by atoms with van der Waals surface area (Å²) in [5.74, 6) is 0.392. The summed E-state index contributed by atoms with van der Waals surface area (Å²) >= 11 is 0. The third kappa shape index (κ3) is 2.40. The van der Waals surface area contributed by atoms with Crippen molar-refractivity contribution in [3.8, 4) is 17.6 Å². The Balaban J connectivity index is 1.81. The molecular formula is C23H19FN4O3. The molecule has 1 atom stereocenters. The SMILES string of the molecule is COc1cc2c(cc1OC)C1=C[C@]3(C(=O)Nc4ccc(F)cc43)C(C#N)=C(N)N1CC2. The van der Waals surface area contributed by atoms with Crippen LogP contribution in [0.15, 0.2) is 47.8 Å².